The summed E-state index contributed by atoms with van der Waals surface area (Å²) in [6, 6.07) is 19.0. The van der Waals surface area contributed by atoms with E-state index >= 15 is 0 Å². The number of piperidine rings is 1. The fourth-order valence-electron chi connectivity index (χ4n) is 6.27. The van der Waals surface area contributed by atoms with Crippen LogP contribution in [0.25, 0.3) is 0 Å². The summed E-state index contributed by atoms with van der Waals surface area (Å²) in [5, 5.41) is 0. The average molecular weight is 447 g/mol. The molecule has 0 bridgehead atoms. The molecule has 2 amide bonds. The summed E-state index contributed by atoms with van der Waals surface area (Å²) in [6.07, 6.45) is 7.36. The van der Waals surface area contributed by atoms with Crippen molar-refractivity contribution in [2.24, 2.45) is 5.41 Å². The Balaban J connectivity index is 1.19. The van der Waals surface area contributed by atoms with E-state index < -0.39 is 0 Å². The van der Waals surface area contributed by atoms with E-state index in [0.29, 0.717) is 12.3 Å². The highest BCUT2D eigenvalue weighted by Gasteiger charge is 2.63. The van der Waals surface area contributed by atoms with Crippen molar-refractivity contribution in [2.45, 2.75) is 63.5 Å². The van der Waals surface area contributed by atoms with Gasteiger partial charge in [-0.1, -0.05) is 55.3 Å². The predicted octanol–water partition coefficient (Wildman–Crippen LogP) is 4.76. The van der Waals surface area contributed by atoms with Crippen LogP contribution in [0, 0.1) is 5.41 Å². The number of rotatable bonds is 6. The number of carbonyl (C=O) groups excluding carboxylic acids is 2. The van der Waals surface area contributed by atoms with Crippen LogP contribution in [0.15, 0.2) is 54.6 Å². The number of benzene rings is 2. The molecule has 2 heterocycles. The summed E-state index contributed by atoms with van der Waals surface area (Å²) in [5.41, 5.74) is 2.25. The number of nitrogens with zero attached hydrogens (tertiary/aromatic N) is 2. The summed E-state index contributed by atoms with van der Waals surface area (Å²) < 4.78 is 5.20. The van der Waals surface area contributed by atoms with Crippen LogP contribution in [0.2, 0.25) is 0 Å². The molecule has 174 valence electrons. The molecule has 1 aliphatic carbocycles. The van der Waals surface area contributed by atoms with Crippen molar-refractivity contribution in [2.75, 3.05) is 20.2 Å². The van der Waals surface area contributed by atoms with E-state index in [2.05, 4.69) is 29.2 Å². The first kappa shape index (κ1) is 22.0. The fourth-order valence-corrected chi connectivity index (χ4v) is 6.27. The van der Waals surface area contributed by atoms with Gasteiger partial charge in [0.05, 0.1) is 18.6 Å². The fraction of sp³-hybridized carbons (Fsp3) is 0.500. The number of methoxy groups -OCH3 is 1. The maximum Gasteiger partial charge on any atom is 0.232 e. The van der Waals surface area contributed by atoms with Gasteiger partial charge in [0.15, 0.2) is 0 Å². The molecule has 3 aliphatic rings. The van der Waals surface area contributed by atoms with Crippen molar-refractivity contribution in [3.05, 3.63) is 65.7 Å². The van der Waals surface area contributed by atoms with Gasteiger partial charge in [0.25, 0.3) is 0 Å². The lowest BCUT2D eigenvalue weighted by molar-refractivity contribution is -0.181. The van der Waals surface area contributed by atoms with Gasteiger partial charge in [0.2, 0.25) is 11.8 Å². The van der Waals surface area contributed by atoms with E-state index in [4.69, 9.17) is 4.74 Å². The molecule has 5 rings (SSSR count). The van der Waals surface area contributed by atoms with Crippen molar-refractivity contribution in [1.29, 1.82) is 0 Å². The number of aryl methyl sites for hydroxylation is 1. The van der Waals surface area contributed by atoms with Crippen molar-refractivity contribution < 1.29 is 14.3 Å². The predicted molar refractivity (Wildman–Crippen MR) is 128 cm³/mol. The molecule has 5 nitrogen and oxygen atoms in total. The molecule has 1 atom stereocenters. The molecule has 2 aliphatic heterocycles. The van der Waals surface area contributed by atoms with E-state index in [1.54, 1.807) is 7.11 Å². The molecule has 33 heavy (non-hydrogen) atoms. The SMILES string of the molecule is COc1ccc(CCC(=O)N2CCC(N3C(=O)C4(CCCC4)C3c3ccccc3)CC2)cc1. The lowest BCUT2D eigenvalue weighted by Gasteiger charge is -2.59. The highest BCUT2D eigenvalue weighted by molar-refractivity contribution is 5.91. The number of hydrogen-bond acceptors (Lipinski definition) is 3. The number of carbonyl (C=O) groups is 2. The molecule has 3 fully saturated rings. The van der Waals surface area contributed by atoms with Crippen LogP contribution in [0.4, 0.5) is 0 Å². The monoisotopic (exact) mass is 446 g/mol. The topological polar surface area (TPSA) is 49.9 Å². The second-order valence-electron chi connectivity index (χ2n) is 9.85. The van der Waals surface area contributed by atoms with Crippen molar-refractivity contribution in [1.82, 2.24) is 9.80 Å². The molecule has 1 spiro atoms. The van der Waals surface area contributed by atoms with Gasteiger partial charge in [0.1, 0.15) is 5.75 Å². The van der Waals surface area contributed by atoms with Gasteiger partial charge in [-0.2, -0.15) is 0 Å². The molecular weight excluding hydrogens is 412 g/mol. The number of β-lactam (4-membered cyclic amide) rings is 1. The zero-order valence-electron chi connectivity index (χ0n) is 19.5. The van der Waals surface area contributed by atoms with Crippen LogP contribution < -0.4 is 4.74 Å². The Morgan fingerprint density at radius 1 is 1.00 bits per heavy atom. The lowest BCUT2D eigenvalue weighted by Crippen LogP contribution is -2.66. The van der Waals surface area contributed by atoms with Crippen molar-refractivity contribution in [3.8, 4) is 5.75 Å². The Morgan fingerprint density at radius 3 is 2.30 bits per heavy atom. The van der Waals surface area contributed by atoms with E-state index in [0.717, 1.165) is 69.3 Å². The highest BCUT2D eigenvalue weighted by Crippen LogP contribution is 2.60. The Bertz CT molecular complexity index is 974. The first-order valence-electron chi connectivity index (χ1n) is 12.4. The smallest absolute Gasteiger partial charge is 0.232 e. The number of likely N-dealkylation sites (tertiary alicyclic amines) is 2. The first-order valence-corrected chi connectivity index (χ1v) is 12.4. The van der Waals surface area contributed by atoms with E-state index in [1.165, 1.54) is 5.56 Å². The van der Waals surface area contributed by atoms with E-state index in [9.17, 15) is 9.59 Å². The second kappa shape index (κ2) is 9.20. The Hall–Kier alpha value is -2.82. The zero-order valence-corrected chi connectivity index (χ0v) is 19.5. The van der Waals surface area contributed by atoms with Gasteiger partial charge < -0.3 is 14.5 Å². The minimum absolute atomic E-state index is 0.174. The van der Waals surface area contributed by atoms with E-state index in [1.807, 2.05) is 35.2 Å². The molecule has 2 saturated heterocycles. The normalized spacial score (nSPS) is 22.5. The molecule has 5 heteroatoms. The van der Waals surface area contributed by atoms with Gasteiger partial charge >= 0.3 is 0 Å². The molecule has 2 aromatic carbocycles. The van der Waals surface area contributed by atoms with E-state index in [-0.39, 0.29) is 23.4 Å². The number of ether oxygens (including phenoxy) is 1. The maximum atomic E-state index is 13.4. The lowest BCUT2D eigenvalue weighted by atomic mass is 9.65. The van der Waals surface area contributed by atoms with Crippen LogP contribution in [0.3, 0.4) is 0 Å². The quantitative estimate of drug-likeness (QED) is 0.601. The third-order valence-corrected chi connectivity index (χ3v) is 8.07. The molecule has 0 N–H and O–H groups in total. The van der Waals surface area contributed by atoms with Crippen LogP contribution in [0.1, 0.15) is 62.1 Å². The van der Waals surface area contributed by atoms with Gasteiger partial charge in [-0.05, 0) is 55.4 Å². The first-order chi connectivity index (χ1) is 16.1. The highest BCUT2D eigenvalue weighted by atomic mass is 16.5. The summed E-state index contributed by atoms with van der Waals surface area (Å²) in [4.78, 5) is 30.4. The molecule has 2 aromatic rings. The number of amides is 2. The van der Waals surface area contributed by atoms with Crippen LogP contribution in [0.5, 0.6) is 5.75 Å². The second-order valence-corrected chi connectivity index (χ2v) is 9.85. The summed E-state index contributed by atoms with van der Waals surface area (Å²) >= 11 is 0. The van der Waals surface area contributed by atoms with Crippen LogP contribution >= 0.6 is 0 Å². The van der Waals surface area contributed by atoms with Crippen LogP contribution in [-0.2, 0) is 16.0 Å². The minimum atomic E-state index is -0.174. The third-order valence-electron chi connectivity index (χ3n) is 8.07. The maximum absolute atomic E-state index is 13.4. The van der Waals surface area contributed by atoms with Crippen LogP contribution in [-0.4, -0.2) is 47.9 Å². The Kier molecular flexibility index (Phi) is 6.13. The van der Waals surface area contributed by atoms with Crippen molar-refractivity contribution in [3.63, 3.8) is 0 Å². The Labute approximate surface area is 196 Å². The van der Waals surface area contributed by atoms with Crippen molar-refractivity contribution >= 4 is 11.8 Å². The summed E-state index contributed by atoms with van der Waals surface area (Å²) in [6.45, 7) is 1.48. The largest absolute Gasteiger partial charge is 0.497 e. The minimum Gasteiger partial charge on any atom is -0.497 e. The molecule has 0 radical (unpaired) electrons. The molecule has 0 aromatic heterocycles. The summed E-state index contributed by atoms with van der Waals surface area (Å²) in [5.74, 6) is 1.41. The third kappa shape index (κ3) is 4.03. The molecule has 1 unspecified atom stereocenters. The van der Waals surface area contributed by atoms with Gasteiger partial charge in [-0.25, -0.2) is 0 Å². The molecule has 1 saturated carbocycles. The van der Waals surface area contributed by atoms with Gasteiger partial charge in [-0.15, -0.1) is 0 Å². The Morgan fingerprint density at radius 2 is 1.67 bits per heavy atom. The molecular formula is C28H34N2O3. The number of hydrogen-bond donors (Lipinski definition) is 0. The summed E-state index contributed by atoms with van der Waals surface area (Å²) in [7, 11) is 1.66. The van der Waals surface area contributed by atoms with Gasteiger partial charge in [-0.3, -0.25) is 9.59 Å². The van der Waals surface area contributed by atoms with Gasteiger partial charge in [0, 0.05) is 25.6 Å². The standard InChI is InChI=1S/C28H34N2O3/c1-33-24-12-9-21(10-13-24)11-14-25(31)29-19-15-23(16-20-29)30-26(22-7-3-2-4-8-22)28(27(30)32)17-5-6-18-28/h2-4,7-10,12-13,23,26H,5-6,11,14-20H2,1H3. The zero-order chi connectivity index (χ0) is 22.8. The average Bonchev–Trinajstić information content (AvgIpc) is 3.39.